The van der Waals surface area contributed by atoms with Crippen molar-refractivity contribution in [1.82, 2.24) is 20.3 Å². The summed E-state index contributed by atoms with van der Waals surface area (Å²) < 4.78 is 40.5. The van der Waals surface area contributed by atoms with E-state index in [1.54, 1.807) is 20.2 Å². The molecule has 0 heterocycles. The van der Waals surface area contributed by atoms with Crippen molar-refractivity contribution >= 4 is 27.7 Å². The molecule has 0 aliphatic carbocycles. The first-order chi connectivity index (χ1) is 20.7. The Hall–Kier alpha value is -3.57. The monoisotopic (exact) mass is 644 g/mol. The molecule has 0 saturated carbocycles. The summed E-state index contributed by atoms with van der Waals surface area (Å²) in [5.41, 5.74) is 0.136. The normalized spacial score (nSPS) is 14.8. The van der Waals surface area contributed by atoms with Crippen LogP contribution in [0.15, 0.2) is 66.2 Å². The van der Waals surface area contributed by atoms with Crippen LogP contribution in [-0.4, -0.2) is 63.3 Å². The minimum absolute atomic E-state index is 0.104. The fourth-order valence-electron chi connectivity index (χ4n) is 5.22. The topological polar surface area (TPSA) is 125 Å². The second-order valence-electron chi connectivity index (χ2n) is 13.5. The lowest BCUT2D eigenvalue weighted by Crippen LogP contribution is -2.61. The maximum absolute atomic E-state index is 14.0. The predicted octanol–water partition coefficient (Wildman–Crippen LogP) is 4.30. The number of sulfonamides is 1. The number of carbonyl (C=O) groups is 3. The molecule has 0 aliphatic heterocycles. The molecule has 2 aromatic rings. The van der Waals surface area contributed by atoms with Gasteiger partial charge in [0.15, 0.2) is 0 Å². The molecule has 45 heavy (non-hydrogen) atoms. The number of halogens is 1. The zero-order chi connectivity index (χ0) is 34.3. The first kappa shape index (κ1) is 37.6. The number of likely N-dealkylation sites (N-methyl/N-ethyl adjacent to an activating group) is 2. The molecule has 3 amide bonds. The standard InChI is InChI=1S/C34H49FN4O5S/c1-22(2)27(20-23(3)30(40)38-45(43,44)21-24-16-18-26(35)19-17-24)39(10)32(42)29(33(4,5)6)37-31(41)28(36-9)34(7,8)25-14-12-11-13-15-25/h11-20,22,27-29,36H,21H2,1-10H3,(H,37,41)(H,38,40)/b23-20+/t27-,28-,29?/m1/s1. The summed E-state index contributed by atoms with van der Waals surface area (Å²) in [5, 5.41) is 6.12. The number of benzene rings is 2. The number of hydrogen-bond acceptors (Lipinski definition) is 6. The van der Waals surface area contributed by atoms with Crippen LogP contribution in [0.5, 0.6) is 0 Å². The number of rotatable bonds is 13. The molecule has 2 aromatic carbocycles. The van der Waals surface area contributed by atoms with E-state index in [0.29, 0.717) is 5.56 Å². The highest BCUT2D eigenvalue weighted by atomic mass is 32.2. The third-order valence-electron chi connectivity index (χ3n) is 7.96. The molecule has 0 radical (unpaired) electrons. The van der Waals surface area contributed by atoms with Gasteiger partial charge >= 0.3 is 0 Å². The van der Waals surface area contributed by atoms with E-state index >= 15 is 0 Å². The van der Waals surface area contributed by atoms with Crippen LogP contribution in [0.3, 0.4) is 0 Å². The van der Waals surface area contributed by atoms with Crippen LogP contribution in [0.4, 0.5) is 4.39 Å². The van der Waals surface area contributed by atoms with E-state index in [1.807, 2.05) is 78.8 Å². The molecule has 2 rings (SSSR count). The second kappa shape index (κ2) is 15.1. The quantitative estimate of drug-likeness (QED) is 0.280. The average Bonchev–Trinajstić information content (AvgIpc) is 2.94. The third kappa shape index (κ3) is 10.2. The van der Waals surface area contributed by atoms with Crippen molar-refractivity contribution < 1.29 is 27.2 Å². The van der Waals surface area contributed by atoms with Gasteiger partial charge in [-0.05, 0) is 48.6 Å². The summed E-state index contributed by atoms with van der Waals surface area (Å²) in [5.74, 6) is -2.66. The van der Waals surface area contributed by atoms with Crippen LogP contribution >= 0.6 is 0 Å². The van der Waals surface area contributed by atoms with Crippen molar-refractivity contribution in [3.05, 3.63) is 83.2 Å². The molecular weight excluding hydrogens is 595 g/mol. The summed E-state index contributed by atoms with van der Waals surface area (Å²) in [6.45, 7) is 14.8. The molecule has 0 aliphatic rings. The van der Waals surface area contributed by atoms with E-state index in [9.17, 15) is 27.2 Å². The van der Waals surface area contributed by atoms with Gasteiger partial charge in [-0.25, -0.2) is 17.5 Å². The number of hydrogen-bond donors (Lipinski definition) is 3. The third-order valence-corrected chi connectivity index (χ3v) is 9.17. The molecular formula is C34H49FN4O5S. The molecule has 3 N–H and O–H groups in total. The Bertz CT molecular complexity index is 1470. The molecule has 0 saturated heterocycles. The first-order valence-corrected chi connectivity index (χ1v) is 16.6. The van der Waals surface area contributed by atoms with Gasteiger partial charge in [-0.1, -0.05) is 97.0 Å². The molecule has 0 spiro atoms. The van der Waals surface area contributed by atoms with Crippen molar-refractivity contribution in [2.75, 3.05) is 14.1 Å². The molecule has 0 bridgehead atoms. The fourth-order valence-corrected chi connectivity index (χ4v) is 6.37. The van der Waals surface area contributed by atoms with Crippen LogP contribution < -0.4 is 15.4 Å². The molecule has 3 atom stereocenters. The van der Waals surface area contributed by atoms with E-state index in [0.717, 1.165) is 17.7 Å². The molecule has 0 aromatic heterocycles. The molecule has 0 fully saturated rings. The average molecular weight is 645 g/mol. The summed E-state index contributed by atoms with van der Waals surface area (Å²) in [6.07, 6.45) is 1.56. The number of amides is 3. The number of nitrogens with one attached hydrogen (secondary N) is 3. The Labute approximate surface area is 268 Å². The zero-order valence-corrected chi connectivity index (χ0v) is 28.9. The summed E-state index contributed by atoms with van der Waals surface area (Å²) in [7, 11) is -0.754. The predicted molar refractivity (Wildman–Crippen MR) is 176 cm³/mol. The van der Waals surface area contributed by atoms with Gasteiger partial charge in [0.05, 0.1) is 17.8 Å². The SMILES string of the molecule is CN[C@H](C(=O)NC(C(=O)N(C)[C@H](/C=C(\C)C(=O)NS(=O)(=O)Cc1ccc(F)cc1)C(C)C)C(C)(C)C)C(C)(C)c1ccccc1. The maximum atomic E-state index is 14.0. The Morgan fingerprint density at radius 3 is 1.98 bits per heavy atom. The second-order valence-corrected chi connectivity index (χ2v) is 15.2. The highest BCUT2D eigenvalue weighted by Crippen LogP contribution is 2.29. The van der Waals surface area contributed by atoms with Crippen LogP contribution in [-0.2, 0) is 35.6 Å². The van der Waals surface area contributed by atoms with Crippen LogP contribution in [0.25, 0.3) is 0 Å². The summed E-state index contributed by atoms with van der Waals surface area (Å²) in [6, 6.07) is 12.5. The van der Waals surface area contributed by atoms with Gasteiger partial charge in [0.2, 0.25) is 21.8 Å². The minimum Gasteiger partial charge on any atom is -0.342 e. The number of carbonyl (C=O) groups excluding carboxylic acids is 3. The fraction of sp³-hybridized carbons (Fsp3) is 0.500. The van der Waals surface area contributed by atoms with Gasteiger partial charge in [-0.2, -0.15) is 0 Å². The van der Waals surface area contributed by atoms with Crippen molar-refractivity contribution in [2.45, 2.75) is 84.7 Å². The van der Waals surface area contributed by atoms with E-state index in [4.69, 9.17) is 0 Å². The van der Waals surface area contributed by atoms with E-state index < -0.39 is 56.5 Å². The highest BCUT2D eigenvalue weighted by molar-refractivity contribution is 7.89. The van der Waals surface area contributed by atoms with Gasteiger partial charge in [0, 0.05) is 18.0 Å². The zero-order valence-electron chi connectivity index (χ0n) is 28.1. The molecule has 1 unspecified atom stereocenters. The van der Waals surface area contributed by atoms with Gasteiger partial charge in [-0.3, -0.25) is 14.4 Å². The first-order valence-electron chi connectivity index (χ1n) is 15.0. The number of nitrogens with zero attached hydrogens (tertiary/aromatic N) is 1. The van der Waals surface area contributed by atoms with Crippen LogP contribution in [0, 0.1) is 17.2 Å². The molecule has 248 valence electrons. The smallest absolute Gasteiger partial charge is 0.260 e. The van der Waals surface area contributed by atoms with Crippen molar-refractivity contribution in [3.8, 4) is 0 Å². The lowest BCUT2D eigenvalue weighted by atomic mass is 9.76. The lowest BCUT2D eigenvalue weighted by molar-refractivity contribution is -0.140. The van der Waals surface area contributed by atoms with Gasteiger partial charge in [-0.15, -0.1) is 0 Å². The Kier molecular flexibility index (Phi) is 12.7. The Morgan fingerprint density at radius 1 is 0.933 bits per heavy atom. The van der Waals surface area contributed by atoms with Gasteiger partial charge in [0.25, 0.3) is 5.91 Å². The van der Waals surface area contributed by atoms with Gasteiger partial charge in [0.1, 0.15) is 11.9 Å². The summed E-state index contributed by atoms with van der Waals surface area (Å²) in [4.78, 5) is 42.2. The van der Waals surface area contributed by atoms with Crippen molar-refractivity contribution in [2.24, 2.45) is 11.3 Å². The van der Waals surface area contributed by atoms with Gasteiger partial charge < -0.3 is 15.5 Å². The van der Waals surface area contributed by atoms with Crippen LogP contribution in [0.2, 0.25) is 0 Å². The van der Waals surface area contributed by atoms with Crippen LogP contribution in [0.1, 0.15) is 66.5 Å². The van der Waals surface area contributed by atoms with Crippen molar-refractivity contribution in [3.63, 3.8) is 0 Å². The minimum atomic E-state index is -4.07. The Balaban J connectivity index is 2.29. The van der Waals surface area contributed by atoms with Crippen molar-refractivity contribution in [1.29, 1.82) is 0 Å². The molecule has 11 heteroatoms. The Morgan fingerprint density at radius 2 is 1.49 bits per heavy atom. The summed E-state index contributed by atoms with van der Waals surface area (Å²) >= 11 is 0. The van der Waals surface area contributed by atoms with E-state index in [2.05, 4.69) is 15.4 Å². The lowest BCUT2D eigenvalue weighted by Gasteiger charge is -2.40. The molecule has 9 nitrogen and oxygen atoms in total. The highest BCUT2D eigenvalue weighted by Gasteiger charge is 2.41. The van der Waals surface area contributed by atoms with E-state index in [-0.39, 0.29) is 23.3 Å². The maximum Gasteiger partial charge on any atom is 0.260 e. The van der Waals surface area contributed by atoms with E-state index in [1.165, 1.54) is 24.0 Å². The largest absolute Gasteiger partial charge is 0.342 e.